The van der Waals surface area contributed by atoms with Crippen molar-refractivity contribution in [1.29, 1.82) is 0 Å². The van der Waals surface area contributed by atoms with Crippen LogP contribution < -0.4 is 14.2 Å². The van der Waals surface area contributed by atoms with Crippen LogP contribution in [0.5, 0.6) is 17.2 Å². The number of rotatable bonds is 10. The van der Waals surface area contributed by atoms with Gasteiger partial charge in [0, 0.05) is 24.7 Å². The highest BCUT2D eigenvalue weighted by Gasteiger charge is 2.25. The molecule has 0 fully saturated rings. The first kappa shape index (κ1) is 24.1. The molecule has 0 saturated heterocycles. The molecular formula is C29H36N2O3. The first-order valence-corrected chi connectivity index (χ1v) is 12.2. The van der Waals surface area contributed by atoms with E-state index in [1.54, 1.807) is 7.11 Å². The summed E-state index contributed by atoms with van der Waals surface area (Å²) in [6.45, 7) is 9.28. The van der Waals surface area contributed by atoms with E-state index in [1.165, 1.54) is 16.7 Å². The first-order valence-electron chi connectivity index (χ1n) is 12.2. The van der Waals surface area contributed by atoms with Gasteiger partial charge in [-0.2, -0.15) is 0 Å². The summed E-state index contributed by atoms with van der Waals surface area (Å²) >= 11 is 0. The van der Waals surface area contributed by atoms with Crippen molar-refractivity contribution in [3.05, 3.63) is 89.5 Å². The molecule has 0 aliphatic carbocycles. The zero-order chi connectivity index (χ0) is 23.8. The van der Waals surface area contributed by atoms with Gasteiger partial charge in [0.2, 0.25) is 0 Å². The van der Waals surface area contributed by atoms with Crippen LogP contribution >= 0.6 is 0 Å². The van der Waals surface area contributed by atoms with E-state index >= 15 is 0 Å². The van der Waals surface area contributed by atoms with Crippen LogP contribution in [0.2, 0.25) is 0 Å². The second-order valence-corrected chi connectivity index (χ2v) is 8.75. The van der Waals surface area contributed by atoms with Crippen molar-refractivity contribution in [3.8, 4) is 17.2 Å². The predicted octanol–water partition coefficient (Wildman–Crippen LogP) is 5.38. The summed E-state index contributed by atoms with van der Waals surface area (Å²) in [5.74, 6) is 2.79. The second-order valence-electron chi connectivity index (χ2n) is 8.75. The maximum Gasteiger partial charge on any atom is 0.142 e. The minimum atomic E-state index is 0.263. The lowest BCUT2D eigenvalue weighted by atomic mass is 10.0. The van der Waals surface area contributed by atoms with Gasteiger partial charge in [0.25, 0.3) is 0 Å². The normalized spacial score (nSPS) is 15.9. The van der Waals surface area contributed by atoms with Crippen LogP contribution in [0.25, 0.3) is 0 Å². The van der Waals surface area contributed by atoms with E-state index in [9.17, 15) is 0 Å². The Hall–Kier alpha value is -3.02. The topological polar surface area (TPSA) is 34.2 Å². The Morgan fingerprint density at radius 1 is 0.882 bits per heavy atom. The molecule has 0 aromatic heterocycles. The number of nitrogens with zero attached hydrogens (tertiary/aromatic N) is 2. The number of benzene rings is 3. The minimum absolute atomic E-state index is 0.263. The molecule has 0 unspecified atom stereocenters. The molecule has 34 heavy (non-hydrogen) atoms. The van der Waals surface area contributed by atoms with Gasteiger partial charge in [-0.3, -0.25) is 9.80 Å². The van der Waals surface area contributed by atoms with Gasteiger partial charge >= 0.3 is 0 Å². The molecule has 0 spiro atoms. The Morgan fingerprint density at radius 3 is 2.26 bits per heavy atom. The average Bonchev–Trinajstić information content (AvgIpc) is 3.05. The molecule has 0 bridgehead atoms. The SMILES string of the molecule is CCN(CC)COc1ccc(CN2Cc3ccccc3OC[C@@H]2Cc2ccc(OC)cc2)cc1. The van der Waals surface area contributed by atoms with Gasteiger partial charge in [-0.25, -0.2) is 0 Å². The number of fused-ring (bicyclic) bond motifs is 1. The molecule has 5 heteroatoms. The third-order valence-electron chi connectivity index (χ3n) is 6.54. The van der Waals surface area contributed by atoms with Crippen LogP contribution in [0.4, 0.5) is 0 Å². The molecule has 1 aliphatic heterocycles. The van der Waals surface area contributed by atoms with Gasteiger partial charge in [0.15, 0.2) is 0 Å². The number of ether oxygens (including phenoxy) is 3. The van der Waals surface area contributed by atoms with E-state index in [1.807, 2.05) is 18.2 Å². The molecule has 4 rings (SSSR count). The molecule has 1 heterocycles. The van der Waals surface area contributed by atoms with E-state index in [-0.39, 0.29) is 6.04 Å². The Morgan fingerprint density at radius 2 is 1.56 bits per heavy atom. The van der Waals surface area contributed by atoms with Gasteiger partial charge in [0.1, 0.15) is 30.6 Å². The standard InChI is InChI=1S/C29H36N2O3/c1-4-30(5-2)22-34-28-16-12-24(13-17-28)19-31-20-25-8-6-7-9-29(25)33-21-26(31)18-23-10-14-27(32-3)15-11-23/h6-17,26H,4-5,18-22H2,1-3H3/t26-/m0/s1. The van der Waals surface area contributed by atoms with Gasteiger partial charge in [-0.1, -0.05) is 56.3 Å². The molecular weight excluding hydrogens is 424 g/mol. The third-order valence-corrected chi connectivity index (χ3v) is 6.54. The van der Waals surface area contributed by atoms with Crippen LogP contribution in [0.1, 0.15) is 30.5 Å². The van der Waals surface area contributed by atoms with E-state index in [0.29, 0.717) is 13.3 Å². The Kier molecular flexibility index (Phi) is 8.45. The zero-order valence-corrected chi connectivity index (χ0v) is 20.6. The molecule has 5 nitrogen and oxygen atoms in total. The van der Waals surface area contributed by atoms with Gasteiger partial charge in [0.05, 0.1) is 7.11 Å². The summed E-state index contributed by atoms with van der Waals surface area (Å²) in [5.41, 5.74) is 3.79. The monoisotopic (exact) mass is 460 g/mol. The fourth-order valence-corrected chi connectivity index (χ4v) is 4.32. The Bertz CT molecular complexity index is 1020. The van der Waals surface area contributed by atoms with Crippen molar-refractivity contribution in [1.82, 2.24) is 9.80 Å². The van der Waals surface area contributed by atoms with Gasteiger partial charge in [-0.15, -0.1) is 0 Å². The smallest absolute Gasteiger partial charge is 0.142 e. The third kappa shape index (κ3) is 6.31. The fourth-order valence-electron chi connectivity index (χ4n) is 4.32. The number of hydrogen-bond acceptors (Lipinski definition) is 5. The Balaban J connectivity index is 1.48. The van der Waals surface area contributed by atoms with Crippen LogP contribution in [0, 0.1) is 0 Å². The first-order chi connectivity index (χ1) is 16.7. The predicted molar refractivity (Wildman–Crippen MR) is 137 cm³/mol. The lowest BCUT2D eigenvalue weighted by molar-refractivity contribution is 0.136. The average molecular weight is 461 g/mol. The summed E-state index contributed by atoms with van der Waals surface area (Å²) in [4.78, 5) is 4.79. The van der Waals surface area contributed by atoms with Crippen LogP contribution in [0.15, 0.2) is 72.8 Å². The molecule has 3 aromatic carbocycles. The molecule has 1 aliphatic rings. The molecule has 0 saturated carbocycles. The zero-order valence-electron chi connectivity index (χ0n) is 20.6. The maximum absolute atomic E-state index is 6.25. The van der Waals surface area contributed by atoms with Crippen molar-refractivity contribution in [2.75, 3.05) is 33.5 Å². The van der Waals surface area contributed by atoms with Crippen LogP contribution in [0.3, 0.4) is 0 Å². The summed E-state index contributed by atoms with van der Waals surface area (Å²) in [6, 6.07) is 25.5. The lowest BCUT2D eigenvalue weighted by Gasteiger charge is -2.29. The summed E-state index contributed by atoms with van der Waals surface area (Å²) in [5, 5.41) is 0. The van der Waals surface area contributed by atoms with E-state index in [2.05, 4.69) is 78.2 Å². The van der Waals surface area contributed by atoms with E-state index in [4.69, 9.17) is 14.2 Å². The minimum Gasteiger partial charge on any atom is -0.497 e. The molecule has 0 radical (unpaired) electrons. The van der Waals surface area contributed by atoms with Crippen molar-refractivity contribution in [2.45, 2.75) is 39.4 Å². The molecule has 0 amide bonds. The highest BCUT2D eigenvalue weighted by molar-refractivity contribution is 5.35. The summed E-state index contributed by atoms with van der Waals surface area (Å²) in [6.07, 6.45) is 0.920. The van der Waals surface area contributed by atoms with Crippen molar-refractivity contribution < 1.29 is 14.2 Å². The number of hydrogen-bond donors (Lipinski definition) is 0. The highest BCUT2D eigenvalue weighted by atomic mass is 16.5. The maximum atomic E-state index is 6.25. The largest absolute Gasteiger partial charge is 0.497 e. The molecule has 0 N–H and O–H groups in total. The molecule has 180 valence electrons. The van der Waals surface area contributed by atoms with Crippen molar-refractivity contribution in [3.63, 3.8) is 0 Å². The Labute approximate surface area is 203 Å². The van der Waals surface area contributed by atoms with Gasteiger partial charge in [-0.05, 0) is 61.0 Å². The number of para-hydroxylation sites is 1. The van der Waals surface area contributed by atoms with Crippen molar-refractivity contribution in [2.24, 2.45) is 0 Å². The quantitative estimate of drug-likeness (QED) is 0.380. The van der Waals surface area contributed by atoms with E-state index in [0.717, 1.165) is 49.8 Å². The van der Waals surface area contributed by atoms with Gasteiger partial charge < -0.3 is 14.2 Å². The summed E-state index contributed by atoms with van der Waals surface area (Å²) in [7, 11) is 1.70. The van der Waals surface area contributed by atoms with Crippen LogP contribution in [-0.2, 0) is 19.5 Å². The second kappa shape index (κ2) is 11.9. The summed E-state index contributed by atoms with van der Waals surface area (Å²) < 4.78 is 17.5. The fraction of sp³-hybridized carbons (Fsp3) is 0.379. The molecule has 3 aromatic rings. The van der Waals surface area contributed by atoms with Crippen LogP contribution in [-0.4, -0.2) is 49.4 Å². The molecule has 1 atom stereocenters. The van der Waals surface area contributed by atoms with E-state index < -0.39 is 0 Å². The lowest BCUT2D eigenvalue weighted by Crippen LogP contribution is -2.38. The van der Waals surface area contributed by atoms with Crippen molar-refractivity contribution >= 4 is 0 Å². The highest BCUT2D eigenvalue weighted by Crippen LogP contribution is 2.28. The number of methoxy groups -OCH3 is 1.